The Labute approximate surface area is 139 Å². The maximum atomic E-state index is 12.7. The summed E-state index contributed by atoms with van der Waals surface area (Å²) in [5.41, 5.74) is 1.51. The molecule has 0 aliphatic heterocycles. The molecule has 0 atom stereocenters. The minimum Gasteiger partial charge on any atom is -0.507 e. The first-order valence-corrected chi connectivity index (χ1v) is 7.58. The van der Waals surface area contributed by atoms with Gasteiger partial charge in [0.15, 0.2) is 11.0 Å². The number of phenols is 1. The van der Waals surface area contributed by atoms with Gasteiger partial charge < -0.3 is 19.2 Å². The van der Waals surface area contributed by atoms with E-state index in [1.165, 1.54) is 19.2 Å². The summed E-state index contributed by atoms with van der Waals surface area (Å²) in [5.74, 6) is 0.806. The summed E-state index contributed by atoms with van der Waals surface area (Å²) in [6.45, 7) is 0.438. The summed E-state index contributed by atoms with van der Waals surface area (Å²) in [6, 6.07) is 12.3. The number of nitrogens with zero attached hydrogens (tertiary/aromatic N) is 1. The molecule has 0 saturated carbocycles. The summed E-state index contributed by atoms with van der Waals surface area (Å²) >= 11 is 0. The van der Waals surface area contributed by atoms with Crippen molar-refractivity contribution in [1.29, 1.82) is 0 Å². The molecule has 0 radical (unpaired) electrons. The van der Waals surface area contributed by atoms with E-state index in [4.69, 9.17) is 9.15 Å². The summed E-state index contributed by atoms with van der Waals surface area (Å²) in [5, 5.41) is 10.7. The highest BCUT2D eigenvalue weighted by Crippen LogP contribution is 2.36. The molecule has 0 aliphatic rings. The van der Waals surface area contributed by atoms with Gasteiger partial charge in [0.2, 0.25) is 0 Å². The van der Waals surface area contributed by atoms with E-state index in [0.29, 0.717) is 34.6 Å². The minimum atomic E-state index is -0.202. The second-order valence-electron chi connectivity index (χ2n) is 5.86. The fourth-order valence-corrected chi connectivity index (χ4v) is 2.71. The largest absolute Gasteiger partial charge is 0.507 e. The molecule has 0 fully saturated rings. The van der Waals surface area contributed by atoms with Crippen molar-refractivity contribution in [3.8, 4) is 22.8 Å². The van der Waals surface area contributed by atoms with E-state index < -0.39 is 0 Å². The molecule has 24 heavy (non-hydrogen) atoms. The number of phenolic OH excluding ortho intramolecular Hbond substituents is 1. The zero-order valence-electron chi connectivity index (χ0n) is 13.9. The molecular formula is C19H19NO4. The highest BCUT2D eigenvalue weighted by atomic mass is 16.5. The van der Waals surface area contributed by atoms with Crippen LogP contribution in [0, 0.1) is 0 Å². The van der Waals surface area contributed by atoms with Gasteiger partial charge in [0, 0.05) is 24.2 Å². The van der Waals surface area contributed by atoms with Gasteiger partial charge in [-0.25, -0.2) is 0 Å². The van der Waals surface area contributed by atoms with Gasteiger partial charge in [0.25, 0.3) is 0 Å². The number of benzene rings is 2. The number of methoxy groups -OCH3 is 1. The number of rotatable bonds is 4. The number of aromatic hydroxyl groups is 1. The van der Waals surface area contributed by atoms with Crippen molar-refractivity contribution in [2.24, 2.45) is 0 Å². The van der Waals surface area contributed by atoms with E-state index in [-0.39, 0.29) is 11.2 Å². The van der Waals surface area contributed by atoms with Crippen LogP contribution in [-0.4, -0.2) is 31.2 Å². The van der Waals surface area contributed by atoms with Crippen molar-refractivity contribution >= 4 is 11.0 Å². The molecule has 0 bridgehead atoms. The SMILES string of the molecule is COc1cc(O)c(CN(C)C)c2oc(-c3ccccc3)cc(=O)c12. The van der Waals surface area contributed by atoms with Crippen molar-refractivity contribution in [2.75, 3.05) is 21.2 Å². The molecule has 0 aliphatic carbocycles. The highest BCUT2D eigenvalue weighted by Gasteiger charge is 2.19. The molecular weight excluding hydrogens is 306 g/mol. The average molecular weight is 325 g/mol. The fourth-order valence-electron chi connectivity index (χ4n) is 2.71. The predicted molar refractivity (Wildman–Crippen MR) is 93.5 cm³/mol. The molecule has 0 unspecified atom stereocenters. The zero-order valence-corrected chi connectivity index (χ0v) is 13.9. The molecule has 1 heterocycles. The number of ether oxygens (including phenoxy) is 1. The third kappa shape index (κ3) is 2.86. The van der Waals surface area contributed by atoms with E-state index in [9.17, 15) is 9.90 Å². The zero-order chi connectivity index (χ0) is 17.3. The Morgan fingerprint density at radius 1 is 1.17 bits per heavy atom. The maximum Gasteiger partial charge on any atom is 0.197 e. The average Bonchev–Trinajstić information content (AvgIpc) is 2.57. The van der Waals surface area contributed by atoms with E-state index in [1.54, 1.807) is 0 Å². The van der Waals surface area contributed by atoms with Gasteiger partial charge in [-0.15, -0.1) is 0 Å². The Kier molecular flexibility index (Phi) is 4.27. The van der Waals surface area contributed by atoms with E-state index in [2.05, 4.69) is 0 Å². The summed E-state index contributed by atoms with van der Waals surface area (Å²) in [6.07, 6.45) is 0. The van der Waals surface area contributed by atoms with Crippen LogP contribution in [0.4, 0.5) is 0 Å². The molecule has 5 heteroatoms. The monoisotopic (exact) mass is 325 g/mol. The van der Waals surface area contributed by atoms with Gasteiger partial charge in [0.05, 0.1) is 12.7 Å². The first-order chi connectivity index (χ1) is 11.5. The highest BCUT2D eigenvalue weighted by molar-refractivity contribution is 5.89. The molecule has 0 amide bonds. The van der Waals surface area contributed by atoms with Gasteiger partial charge in [-0.05, 0) is 14.1 Å². The lowest BCUT2D eigenvalue weighted by molar-refractivity contribution is 0.379. The number of hydrogen-bond donors (Lipinski definition) is 1. The lowest BCUT2D eigenvalue weighted by Crippen LogP contribution is -2.13. The van der Waals surface area contributed by atoms with Crippen LogP contribution in [0.2, 0.25) is 0 Å². The molecule has 0 saturated heterocycles. The Morgan fingerprint density at radius 3 is 2.50 bits per heavy atom. The lowest BCUT2D eigenvalue weighted by Gasteiger charge is -2.15. The Balaban J connectivity index is 2.36. The van der Waals surface area contributed by atoms with Crippen LogP contribution >= 0.6 is 0 Å². The van der Waals surface area contributed by atoms with Crippen molar-refractivity contribution in [3.63, 3.8) is 0 Å². The van der Waals surface area contributed by atoms with Crippen LogP contribution in [0.3, 0.4) is 0 Å². The summed E-state index contributed by atoms with van der Waals surface area (Å²) in [4.78, 5) is 14.6. The van der Waals surface area contributed by atoms with Crippen LogP contribution in [0.15, 0.2) is 51.7 Å². The van der Waals surface area contributed by atoms with Gasteiger partial charge >= 0.3 is 0 Å². The van der Waals surface area contributed by atoms with E-state index in [1.807, 2.05) is 49.3 Å². The third-order valence-electron chi connectivity index (χ3n) is 3.80. The van der Waals surface area contributed by atoms with E-state index in [0.717, 1.165) is 5.56 Å². The Hall–Kier alpha value is -2.79. The second-order valence-corrected chi connectivity index (χ2v) is 5.86. The van der Waals surface area contributed by atoms with Crippen molar-refractivity contribution in [1.82, 2.24) is 4.90 Å². The van der Waals surface area contributed by atoms with Crippen LogP contribution < -0.4 is 10.2 Å². The van der Waals surface area contributed by atoms with Crippen molar-refractivity contribution < 1.29 is 14.3 Å². The number of hydrogen-bond acceptors (Lipinski definition) is 5. The van der Waals surface area contributed by atoms with Crippen molar-refractivity contribution in [2.45, 2.75) is 6.54 Å². The topological polar surface area (TPSA) is 62.9 Å². The minimum absolute atomic E-state index is 0.0430. The maximum absolute atomic E-state index is 12.7. The molecule has 5 nitrogen and oxygen atoms in total. The third-order valence-corrected chi connectivity index (χ3v) is 3.80. The first kappa shape index (κ1) is 16.1. The fraction of sp³-hybridized carbons (Fsp3) is 0.211. The molecule has 124 valence electrons. The van der Waals surface area contributed by atoms with Gasteiger partial charge in [-0.1, -0.05) is 30.3 Å². The molecule has 3 aromatic rings. The van der Waals surface area contributed by atoms with E-state index >= 15 is 0 Å². The molecule has 1 N–H and O–H groups in total. The Morgan fingerprint density at radius 2 is 1.88 bits per heavy atom. The quantitative estimate of drug-likeness (QED) is 0.798. The van der Waals surface area contributed by atoms with Crippen LogP contribution in [0.5, 0.6) is 11.5 Å². The summed E-state index contributed by atoms with van der Waals surface area (Å²) in [7, 11) is 5.23. The number of fused-ring (bicyclic) bond motifs is 1. The standard InChI is InChI=1S/C19H19NO4/c1-20(2)11-13-14(21)9-17(23-3)18-15(22)10-16(24-19(13)18)12-7-5-4-6-8-12/h4-10,21H,11H2,1-3H3. The second kappa shape index (κ2) is 6.37. The predicted octanol–water partition coefficient (Wildman–Crippen LogP) is 3.24. The molecule has 1 aromatic heterocycles. The van der Waals surface area contributed by atoms with Crippen LogP contribution in [-0.2, 0) is 6.54 Å². The van der Waals surface area contributed by atoms with Gasteiger partial charge in [-0.3, -0.25) is 4.79 Å². The molecule has 3 rings (SSSR count). The summed E-state index contributed by atoms with van der Waals surface area (Å²) < 4.78 is 11.3. The van der Waals surface area contributed by atoms with Crippen molar-refractivity contribution in [3.05, 3.63) is 58.3 Å². The first-order valence-electron chi connectivity index (χ1n) is 7.58. The lowest BCUT2D eigenvalue weighted by atomic mass is 10.1. The van der Waals surface area contributed by atoms with Crippen LogP contribution in [0.1, 0.15) is 5.56 Å². The molecule has 2 aromatic carbocycles. The Bertz CT molecular complexity index is 929. The van der Waals surface area contributed by atoms with Gasteiger partial charge in [-0.2, -0.15) is 0 Å². The smallest absolute Gasteiger partial charge is 0.197 e. The molecule has 0 spiro atoms. The van der Waals surface area contributed by atoms with Gasteiger partial charge in [0.1, 0.15) is 22.6 Å². The normalized spacial score (nSPS) is 11.2. The van der Waals surface area contributed by atoms with Crippen LogP contribution in [0.25, 0.3) is 22.3 Å².